The van der Waals surface area contributed by atoms with Gasteiger partial charge < -0.3 is 15.3 Å². The van der Waals surface area contributed by atoms with Gasteiger partial charge in [0.1, 0.15) is 17.0 Å². The van der Waals surface area contributed by atoms with Crippen LogP contribution in [0.4, 0.5) is 11.5 Å². The summed E-state index contributed by atoms with van der Waals surface area (Å²) in [7, 11) is 0. The number of benzene rings is 1. The SMILES string of the molecule is O=C(O)c1c(O)ccc(N=Nc2ccccn2)c1O. The number of carboxylic acids is 1. The first-order chi connectivity index (χ1) is 9.09. The summed E-state index contributed by atoms with van der Waals surface area (Å²) in [6.45, 7) is 0. The number of azo groups is 1. The van der Waals surface area contributed by atoms with Crippen LogP contribution < -0.4 is 0 Å². The van der Waals surface area contributed by atoms with Gasteiger partial charge in [-0.1, -0.05) is 6.07 Å². The van der Waals surface area contributed by atoms with Gasteiger partial charge in [0.25, 0.3) is 0 Å². The number of aromatic hydroxyl groups is 2. The van der Waals surface area contributed by atoms with Crippen LogP contribution in [-0.4, -0.2) is 26.3 Å². The van der Waals surface area contributed by atoms with Gasteiger partial charge in [-0.25, -0.2) is 9.78 Å². The Labute approximate surface area is 107 Å². The number of pyridine rings is 1. The fourth-order valence-electron chi connectivity index (χ4n) is 1.38. The van der Waals surface area contributed by atoms with Gasteiger partial charge in [0.05, 0.1) is 0 Å². The monoisotopic (exact) mass is 259 g/mol. The Balaban J connectivity index is 2.39. The predicted molar refractivity (Wildman–Crippen MR) is 65.1 cm³/mol. The summed E-state index contributed by atoms with van der Waals surface area (Å²) in [6.07, 6.45) is 1.52. The van der Waals surface area contributed by atoms with Gasteiger partial charge >= 0.3 is 5.97 Å². The Morgan fingerprint density at radius 3 is 2.53 bits per heavy atom. The average molecular weight is 259 g/mol. The zero-order chi connectivity index (χ0) is 13.8. The van der Waals surface area contributed by atoms with Crippen molar-refractivity contribution < 1.29 is 20.1 Å². The van der Waals surface area contributed by atoms with Crippen molar-refractivity contribution in [1.82, 2.24) is 4.98 Å². The van der Waals surface area contributed by atoms with Crippen molar-refractivity contribution in [2.45, 2.75) is 0 Å². The third-order valence-corrected chi connectivity index (χ3v) is 2.26. The summed E-state index contributed by atoms with van der Waals surface area (Å²) in [6, 6.07) is 7.39. The molecule has 1 heterocycles. The van der Waals surface area contributed by atoms with E-state index in [-0.39, 0.29) is 5.69 Å². The molecule has 0 fully saturated rings. The average Bonchev–Trinajstić information content (AvgIpc) is 2.38. The molecule has 0 bridgehead atoms. The molecular weight excluding hydrogens is 250 g/mol. The fourth-order valence-corrected chi connectivity index (χ4v) is 1.38. The maximum absolute atomic E-state index is 10.9. The molecule has 3 N–H and O–H groups in total. The molecule has 0 aliphatic rings. The summed E-state index contributed by atoms with van der Waals surface area (Å²) in [5.74, 6) is -2.33. The van der Waals surface area contributed by atoms with Gasteiger partial charge in [0.15, 0.2) is 11.6 Å². The molecule has 7 heteroatoms. The molecule has 0 unspecified atom stereocenters. The molecule has 7 nitrogen and oxygen atoms in total. The van der Waals surface area contributed by atoms with Crippen LogP contribution >= 0.6 is 0 Å². The van der Waals surface area contributed by atoms with Crippen LogP contribution in [-0.2, 0) is 0 Å². The molecule has 0 radical (unpaired) electrons. The smallest absolute Gasteiger partial charge is 0.343 e. The molecule has 0 saturated carbocycles. The molecule has 0 spiro atoms. The lowest BCUT2D eigenvalue weighted by molar-refractivity contribution is 0.0690. The Bertz CT molecular complexity index is 641. The highest BCUT2D eigenvalue weighted by Gasteiger charge is 2.18. The first kappa shape index (κ1) is 12.5. The molecule has 0 saturated heterocycles. The number of aromatic nitrogens is 1. The van der Waals surface area contributed by atoms with Crippen LogP contribution in [0.2, 0.25) is 0 Å². The summed E-state index contributed by atoms with van der Waals surface area (Å²) in [4.78, 5) is 14.8. The van der Waals surface area contributed by atoms with Gasteiger partial charge in [-0.2, -0.15) is 0 Å². The Morgan fingerprint density at radius 1 is 1.11 bits per heavy atom. The second-order valence-electron chi connectivity index (χ2n) is 3.52. The second-order valence-corrected chi connectivity index (χ2v) is 3.52. The molecular formula is C12H9N3O4. The van der Waals surface area contributed by atoms with Crippen LogP contribution in [0.5, 0.6) is 11.5 Å². The lowest BCUT2D eigenvalue weighted by Gasteiger charge is -2.04. The lowest BCUT2D eigenvalue weighted by Crippen LogP contribution is -1.97. The lowest BCUT2D eigenvalue weighted by atomic mass is 10.1. The number of rotatable bonds is 3. The van der Waals surface area contributed by atoms with E-state index in [1.54, 1.807) is 18.2 Å². The third-order valence-electron chi connectivity index (χ3n) is 2.26. The normalized spacial score (nSPS) is 10.7. The van der Waals surface area contributed by atoms with E-state index in [0.717, 1.165) is 6.07 Å². The minimum absolute atomic E-state index is 0.0687. The second kappa shape index (κ2) is 5.13. The van der Waals surface area contributed by atoms with Gasteiger partial charge in [-0.15, -0.1) is 10.2 Å². The van der Waals surface area contributed by atoms with Crippen molar-refractivity contribution in [3.63, 3.8) is 0 Å². The van der Waals surface area contributed by atoms with Crippen LogP contribution in [0, 0.1) is 0 Å². The molecule has 0 aliphatic heterocycles. The Morgan fingerprint density at radius 2 is 1.89 bits per heavy atom. The van der Waals surface area contributed by atoms with Crippen LogP contribution in [0.3, 0.4) is 0 Å². The van der Waals surface area contributed by atoms with E-state index in [2.05, 4.69) is 15.2 Å². The topological polar surface area (TPSA) is 115 Å². The van der Waals surface area contributed by atoms with Crippen molar-refractivity contribution in [2.75, 3.05) is 0 Å². The van der Waals surface area contributed by atoms with E-state index in [1.165, 1.54) is 12.3 Å². The van der Waals surface area contributed by atoms with Crippen molar-refractivity contribution in [2.24, 2.45) is 10.2 Å². The van der Waals surface area contributed by atoms with E-state index in [4.69, 9.17) is 5.11 Å². The number of nitrogens with zero attached hydrogens (tertiary/aromatic N) is 3. The molecule has 2 aromatic rings. The maximum Gasteiger partial charge on any atom is 0.343 e. The third kappa shape index (κ3) is 2.65. The van der Waals surface area contributed by atoms with E-state index in [1.807, 2.05) is 0 Å². The highest BCUT2D eigenvalue weighted by atomic mass is 16.4. The minimum atomic E-state index is -1.45. The highest BCUT2D eigenvalue weighted by Crippen LogP contribution is 2.36. The number of phenols is 2. The summed E-state index contributed by atoms with van der Waals surface area (Å²) in [5.41, 5.74) is -0.682. The number of carboxylic acid groups (broad SMARTS) is 1. The summed E-state index contributed by atoms with van der Waals surface area (Å²) < 4.78 is 0. The molecule has 1 aromatic carbocycles. The minimum Gasteiger partial charge on any atom is -0.507 e. The molecule has 19 heavy (non-hydrogen) atoms. The first-order valence-corrected chi connectivity index (χ1v) is 5.20. The fraction of sp³-hybridized carbons (Fsp3) is 0. The summed E-state index contributed by atoms with van der Waals surface area (Å²) >= 11 is 0. The van der Waals surface area contributed by atoms with Gasteiger partial charge in [-0.3, -0.25) is 0 Å². The zero-order valence-electron chi connectivity index (χ0n) is 9.56. The van der Waals surface area contributed by atoms with Crippen molar-refractivity contribution in [3.05, 3.63) is 42.1 Å². The molecule has 2 rings (SSSR count). The van der Waals surface area contributed by atoms with E-state index < -0.39 is 23.0 Å². The summed E-state index contributed by atoms with van der Waals surface area (Å²) in [5, 5.41) is 35.3. The molecule has 0 amide bonds. The number of aromatic carboxylic acids is 1. The standard InChI is InChI=1S/C12H9N3O4/c16-8-5-4-7(11(17)10(8)12(18)19)14-15-9-3-1-2-6-13-9/h1-6,16-17H,(H,18,19). The zero-order valence-corrected chi connectivity index (χ0v) is 9.56. The molecule has 1 aromatic heterocycles. The molecule has 96 valence electrons. The van der Waals surface area contributed by atoms with Gasteiger partial charge in [0.2, 0.25) is 0 Å². The van der Waals surface area contributed by atoms with Gasteiger partial charge in [-0.05, 0) is 24.3 Å². The molecule has 0 atom stereocenters. The number of hydrogen-bond acceptors (Lipinski definition) is 6. The van der Waals surface area contributed by atoms with Gasteiger partial charge in [0, 0.05) is 6.20 Å². The Hall–Kier alpha value is -2.96. The van der Waals surface area contributed by atoms with Crippen LogP contribution in [0.15, 0.2) is 46.8 Å². The quantitative estimate of drug-likeness (QED) is 0.732. The van der Waals surface area contributed by atoms with Crippen LogP contribution in [0.25, 0.3) is 0 Å². The highest BCUT2D eigenvalue weighted by molar-refractivity contribution is 5.95. The van der Waals surface area contributed by atoms with Crippen molar-refractivity contribution >= 4 is 17.5 Å². The largest absolute Gasteiger partial charge is 0.507 e. The maximum atomic E-state index is 10.9. The molecule has 0 aliphatic carbocycles. The Kier molecular flexibility index (Phi) is 3.37. The van der Waals surface area contributed by atoms with Crippen molar-refractivity contribution in [3.8, 4) is 11.5 Å². The van der Waals surface area contributed by atoms with E-state index in [9.17, 15) is 15.0 Å². The van der Waals surface area contributed by atoms with E-state index >= 15 is 0 Å². The number of carbonyl (C=O) groups is 1. The van der Waals surface area contributed by atoms with Crippen LogP contribution in [0.1, 0.15) is 10.4 Å². The first-order valence-electron chi connectivity index (χ1n) is 5.20. The van der Waals surface area contributed by atoms with Crippen molar-refractivity contribution in [1.29, 1.82) is 0 Å². The predicted octanol–water partition coefficient (Wildman–Crippen LogP) is 2.61. The van der Waals surface area contributed by atoms with E-state index in [0.29, 0.717) is 5.82 Å². The number of hydrogen-bond donors (Lipinski definition) is 3.